The summed E-state index contributed by atoms with van der Waals surface area (Å²) in [6.07, 6.45) is 2.17. The number of ether oxygens (including phenoxy) is 1. The molecule has 1 rings (SSSR count). The second-order valence-electron chi connectivity index (χ2n) is 4.00. The van der Waals surface area contributed by atoms with Crippen molar-refractivity contribution >= 4 is 0 Å². The highest BCUT2D eigenvalue weighted by Gasteiger charge is 2.26. The standard InChI is InChI=1S/C11H20O4/c1-8(4-5-12)10(14)7-11-9(13)3-2-6-15-11/h4,9-14H,2-3,5-7H2,1H3/b8-4+/t9-,10?,11+/m0/s1. The molecule has 1 unspecified atom stereocenters. The SMILES string of the molecule is C/C(=C\CO)C(O)C[C@H]1OCCC[C@@H]1O. The smallest absolute Gasteiger partial charge is 0.0861 e. The maximum Gasteiger partial charge on any atom is 0.0861 e. The highest BCUT2D eigenvalue weighted by molar-refractivity contribution is 5.05. The number of aliphatic hydroxyl groups excluding tert-OH is 3. The normalized spacial score (nSPS) is 30.3. The Labute approximate surface area is 90.2 Å². The first-order valence-electron chi connectivity index (χ1n) is 5.40. The summed E-state index contributed by atoms with van der Waals surface area (Å²) in [5, 5.41) is 28.0. The molecule has 0 aromatic heterocycles. The van der Waals surface area contributed by atoms with Gasteiger partial charge in [0.05, 0.1) is 24.9 Å². The number of hydrogen-bond acceptors (Lipinski definition) is 4. The largest absolute Gasteiger partial charge is 0.392 e. The van der Waals surface area contributed by atoms with Crippen LogP contribution < -0.4 is 0 Å². The monoisotopic (exact) mass is 216 g/mol. The molecule has 15 heavy (non-hydrogen) atoms. The van der Waals surface area contributed by atoms with E-state index < -0.39 is 12.2 Å². The molecule has 0 aromatic carbocycles. The minimum atomic E-state index is -0.644. The number of hydrogen-bond donors (Lipinski definition) is 3. The third-order valence-corrected chi connectivity index (χ3v) is 2.80. The molecule has 1 fully saturated rings. The second kappa shape index (κ2) is 6.23. The van der Waals surface area contributed by atoms with Gasteiger partial charge in [-0.25, -0.2) is 0 Å². The Kier molecular flexibility index (Phi) is 5.25. The third kappa shape index (κ3) is 3.91. The molecule has 0 aliphatic carbocycles. The number of rotatable bonds is 4. The van der Waals surface area contributed by atoms with Crippen LogP contribution in [-0.2, 0) is 4.74 Å². The quantitative estimate of drug-likeness (QED) is 0.588. The van der Waals surface area contributed by atoms with E-state index in [4.69, 9.17) is 9.84 Å². The number of aliphatic hydroxyl groups is 3. The molecule has 0 saturated carbocycles. The van der Waals surface area contributed by atoms with E-state index in [2.05, 4.69) is 0 Å². The Bertz CT molecular complexity index is 215. The Morgan fingerprint density at radius 2 is 2.33 bits per heavy atom. The Hall–Kier alpha value is -0.420. The van der Waals surface area contributed by atoms with Crippen LogP contribution in [-0.4, -0.2) is 46.8 Å². The van der Waals surface area contributed by atoms with Crippen LogP contribution in [0, 0.1) is 0 Å². The lowest BCUT2D eigenvalue weighted by atomic mass is 9.97. The Morgan fingerprint density at radius 1 is 1.60 bits per heavy atom. The predicted molar refractivity (Wildman–Crippen MR) is 56.4 cm³/mol. The molecule has 0 bridgehead atoms. The first-order valence-corrected chi connectivity index (χ1v) is 5.40. The summed E-state index contributed by atoms with van der Waals surface area (Å²) < 4.78 is 5.39. The summed E-state index contributed by atoms with van der Waals surface area (Å²) in [5.41, 5.74) is 0.721. The summed E-state index contributed by atoms with van der Waals surface area (Å²) >= 11 is 0. The Morgan fingerprint density at radius 3 is 2.93 bits per heavy atom. The molecule has 88 valence electrons. The van der Waals surface area contributed by atoms with Gasteiger partial charge in [-0.2, -0.15) is 0 Å². The molecule has 4 heteroatoms. The van der Waals surface area contributed by atoms with E-state index in [1.54, 1.807) is 13.0 Å². The maximum atomic E-state index is 9.75. The zero-order valence-electron chi connectivity index (χ0n) is 9.09. The van der Waals surface area contributed by atoms with Crippen LogP contribution in [0.25, 0.3) is 0 Å². The molecule has 1 heterocycles. The average Bonchev–Trinajstić information content (AvgIpc) is 2.21. The Balaban J connectivity index is 2.42. The van der Waals surface area contributed by atoms with Gasteiger partial charge < -0.3 is 20.1 Å². The highest BCUT2D eigenvalue weighted by Crippen LogP contribution is 2.20. The van der Waals surface area contributed by atoms with E-state index in [9.17, 15) is 10.2 Å². The lowest BCUT2D eigenvalue weighted by Crippen LogP contribution is -2.37. The minimum absolute atomic E-state index is 0.0724. The van der Waals surface area contributed by atoms with Crippen molar-refractivity contribution < 1.29 is 20.1 Å². The van der Waals surface area contributed by atoms with Gasteiger partial charge in [0.15, 0.2) is 0 Å². The maximum absolute atomic E-state index is 9.75. The molecular formula is C11H20O4. The summed E-state index contributed by atoms with van der Waals surface area (Å²) in [6.45, 7) is 2.34. The summed E-state index contributed by atoms with van der Waals surface area (Å²) in [7, 11) is 0. The zero-order valence-corrected chi connectivity index (χ0v) is 9.09. The molecule has 0 aromatic rings. The van der Waals surface area contributed by atoms with Crippen molar-refractivity contribution in [3.63, 3.8) is 0 Å². The first kappa shape index (κ1) is 12.6. The molecule has 0 amide bonds. The fraction of sp³-hybridized carbons (Fsp3) is 0.818. The van der Waals surface area contributed by atoms with Gasteiger partial charge >= 0.3 is 0 Å². The van der Waals surface area contributed by atoms with Crippen molar-refractivity contribution in [3.05, 3.63) is 11.6 Å². The van der Waals surface area contributed by atoms with E-state index in [-0.39, 0.29) is 12.7 Å². The molecule has 3 atom stereocenters. The van der Waals surface area contributed by atoms with Crippen LogP contribution in [0.1, 0.15) is 26.2 Å². The van der Waals surface area contributed by atoms with Gasteiger partial charge in [0, 0.05) is 13.0 Å². The molecule has 1 aliphatic heterocycles. The van der Waals surface area contributed by atoms with Gasteiger partial charge in [0.2, 0.25) is 0 Å². The lowest BCUT2D eigenvalue weighted by Gasteiger charge is -2.29. The molecule has 3 N–H and O–H groups in total. The van der Waals surface area contributed by atoms with Crippen LogP contribution >= 0.6 is 0 Å². The van der Waals surface area contributed by atoms with Crippen molar-refractivity contribution in [2.45, 2.75) is 44.5 Å². The minimum Gasteiger partial charge on any atom is -0.392 e. The van der Waals surface area contributed by atoms with Crippen LogP contribution in [0.4, 0.5) is 0 Å². The molecule has 1 saturated heterocycles. The van der Waals surface area contributed by atoms with E-state index >= 15 is 0 Å². The van der Waals surface area contributed by atoms with Gasteiger partial charge in [-0.15, -0.1) is 0 Å². The van der Waals surface area contributed by atoms with Gasteiger partial charge in [-0.05, 0) is 25.3 Å². The van der Waals surface area contributed by atoms with E-state index in [0.29, 0.717) is 13.0 Å². The summed E-state index contributed by atoms with van der Waals surface area (Å²) in [4.78, 5) is 0. The highest BCUT2D eigenvalue weighted by atomic mass is 16.5. The van der Waals surface area contributed by atoms with Crippen molar-refractivity contribution in [1.82, 2.24) is 0 Å². The first-order chi connectivity index (χ1) is 7.15. The van der Waals surface area contributed by atoms with Gasteiger partial charge in [0.25, 0.3) is 0 Å². The van der Waals surface area contributed by atoms with Gasteiger partial charge in [-0.1, -0.05) is 6.08 Å². The summed E-state index contributed by atoms with van der Waals surface area (Å²) in [5.74, 6) is 0. The fourth-order valence-corrected chi connectivity index (χ4v) is 1.74. The van der Waals surface area contributed by atoms with E-state index in [1.807, 2.05) is 0 Å². The molecule has 1 aliphatic rings. The van der Waals surface area contributed by atoms with Crippen LogP contribution in [0.3, 0.4) is 0 Å². The second-order valence-corrected chi connectivity index (χ2v) is 4.00. The molecule has 4 nitrogen and oxygen atoms in total. The zero-order chi connectivity index (χ0) is 11.3. The molecular weight excluding hydrogens is 196 g/mol. The van der Waals surface area contributed by atoms with Crippen molar-refractivity contribution in [3.8, 4) is 0 Å². The molecule has 0 spiro atoms. The van der Waals surface area contributed by atoms with Crippen LogP contribution in [0.2, 0.25) is 0 Å². The lowest BCUT2D eigenvalue weighted by molar-refractivity contribution is -0.0878. The topological polar surface area (TPSA) is 69.9 Å². The van der Waals surface area contributed by atoms with Crippen molar-refractivity contribution in [2.75, 3.05) is 13.2 Å². The third-order valence-electron chi connectivity index (χ3n) is 2.80. The van der Waals surface area contributed by atoms with Gasteiger partial charge in [-0.3, -0.25) is 0 Å². The summed E-state index contributed by atoms with van der Waals surface area (Å²) in [6, 6.07) is 0. The molecule has 0 radical (unpaired) electrons. The average molecular weight is 216 g/mol. The van der Waals surface area contributed by atoms with E-state index in [1.165, 1.54) is 0 Å². The fourth-order valence-electron chi connectivity index (χ4n) is 1.74. The van der Waals surface area contributed by atoms with Gasteiger partial charge in [0.1, 0.15) is 0 Å². The predicted octanol–water partition coefficient (Wildman–Crippen LogP) is 0.216. The van der Waals surface area contributed by atoms with Crippen molar-refractivity contribution in [1.29, 1.82) is 0 Å². The van der Waals surface area contributed by atoms with Crippen LogP contribution in [0.15, 0.2) is 11.6 Å². The van der Waals surface area contributed by atoms with E-state index in [0.717, 1.165) is 18.4 Å². The van der Waals surface area contributed by atoms with Crippen molar-refractivity contribution in [2.24, 2.45) is 0 Å². The van der Waals surface area contributed by atoms with Crippen LogP contribution in [0.5, 0.6) is 0 Å².